The van der Waals surface area contributed by atoms with Crippen molar-refractivity contribution in [1.82, 2.24) is 14.8 Å². The highest BCUT2D eigenvalue weighted by atomic mass is 32.2. The number of sulfonamides is 1. The number of rotatable bonds is 3. The number of hydrogen-bond acceptors (Lipinski definition) is 5. The summed E-state index contributed by atoms with van der Waals surface area (Å²) in [4.78, 5) is 0. The number of nitrogens with zero attached hydrogens (tertiary/aromatic N) is 2. The second-order valence-electron chi connectivity index (χ2n) is 4.53. The fraction of sp³-hybridized carbons (Fsp3) is 0.417. The Labute approximate surface area is 111 Å². The van der Waals surface area contributed by atoms with E-state index in [2.05, 4.69) is 10.5 Å². The van der Waals surface area contributed by atoms with Crippen LogP contribution in [0.2, 0.25) is 0 Å². The minimum atomic E-state index is -3.33. The highest BCUT2D eigenvalue weighted by Crippen LogP contribution is 2.21. The van der Waals surface area contributed by atoms with Crippen molar-refractivity contribution in [3.8, 4) is 0 Å². The van der Waals surface area contributed by atoms with Crippen LogP contribution in [0, 0.1) is 0 Å². The normalized spacial score (nSPS) is 17.9. The van der Waals surface area contributed by atoms with Crippen LogP contribution in [0.5, 0.6) is 0 Å². The Morgan fingerprint density at radius 1 is 1.26 bits per heavy atom. The van der Waals surface area contributed by atoms with Crippen LogP contribution in [0.25, 0.3) is 11.0 Å². The first-order valence-corrected chi connectivity index (χ1v) is 7.79. The van der Waals surface area contributed by atoms with Gasteiger partial charge in [0.2, 0.25) is 10.0 Å². The van der Waals surface area contributed by atoms with Crippen molar-refractivity contribution in [1.29, 1.82) is 0 Å². The van der Waals surface area contributed by atoms with E-state index in [4.69, 9.17) is 4.52 Å². The fourth-order valence-electron chi connectivity index (χ4n) is 2.23. The SMILES string of the molecule is O=S(=O)(Cc1noc2ccccc12)N1CCNCC1. The van der Waals surface area contributed by atoms with Crippen molar-refractivity contribution in [3.63, 3.8) is 0 Å². The van der Waals surface area contributed by atoms with Crippen molar-refractivity contribution >= 4 is 21.0 Å². The number of fused-ring (bicyclic) bond motifs is 1. The van der Waals surface area contributed by atoms with Crippen molar-refractivity contribution in [2.24, 2.45) is 0 Å². The Kier molecular flexibility index (Phi) is 3.26. The Balaban J connectivity index is 1.87. The standard InChI is InChI=1S/C12H15N3O3S/c16-19(17,15-7-5-13-6-8-15)9-11-10-3-1-2-4-12(10)18-14-11/h1-4,13H,5-9H2. The van der Waals surface area contributed by atoms with E-state index in [0.717, 1.165) is 5.39 Å². The maximum Gasteiger partial charge on any atom is 0.220 e. The summed E-state index contributed by atoms with van der Waals surface area (Å²) in [6.07, 6.45) is 0. The molecule has 1 saturated heterocycles. The number of piperazine rings is 1. The third-order valence-corrected chi connectivity index (χ3v) is 5.03. The summed E-state index contributed by atoms with van der Waals surface area (Å²) in [5, 5.41) is 7.78. The van der Waals surface area contributed by atoms with E-state index in [1.165, 1.54) is 4.31 Å². The smallest absolute Gasteiger partial charge is 0.220 e. The predicted molar refractivity (Wildman–Crippen MR) is 71.1 cm³/mol. The number of aromatic nitrogens is 1. The third kappa shape index (κ3) is 2.49. The van der Waals surface area contributed by atoms with Gasteiger partial charge >= 0.3 is 0 Å². The highest BCUT2D eigenvalue weighted by molar-refractivity contribution is 7.88. The van der Waals surface area contributed by atoms with Gasteiger partial charge in [-0.15, -0.1) is 0 Å². The molecule has 1 fully saturated rings. The lowest BCUT2D eigenvalue weighted by molar-refractivity contribution is 0.359. The van der Waals surface area contributed by atoms with Gasteiger partial charge in [0.25, 0.3) is 0 Å². The molecule has 0 spiro atoms. The lowest BCUT2D eigenvalue weighted by Gasteiger charge is -2.26. The van der Waals surface area contributed by atoms with Gasteiger partial charge in [-0.25, -0.2) is 8.42 Å². The first-order chi connectivity index (χ1) is 9.17. The molecule has 2 heterocycles. The molecule has 0 amide bonds. The molecule has 3 rings (SSSR count). The summed E-state index contributed by atoms with van der Waals surface area (Å²) in [5.74, 6) is -0.107. The quantitative estimate of drug-likeness (QED) is 0.890. The van der Waals surface area contributed by atoms with Crippen LogP contribution in [-0.4, -0.2) is 44.1 Å². The van der Waals surface area contributed by atoms with Gasteiger partial charge < -0.3 is 9.84 Å². The first kappa shape index (κ1) is 12.6. The van der Waals surface area contributed by atoms with E-state index in [1.54, 1.807) is 6.07 Å². The van der Waals surface area contributed by atoms with Gasteiger partial charge in [0.05, 0.1) is 0 Å². The van der Waals surface area contributed by atoms with Crippen molar-refractivity contribution < 1.29 is 12.9 Å². The molecule has 1 aromatic carbocycles. The molecule has 1 aromatic heterocycles. The minimum absolute atomic E-state index is 0.107. The van der Waals surface area contributed by atoms with Crippen LogP contribution in [0.3, 0.4) is 0 Å². The Morgan fingerprint density at radius 2 is 2.00 bits per heavy atom. The molecule has 0 unspecified atom stereocenters. The fourth-order valence-corrected chi connectivity index (χ4v) is 3.70. The average molecular weight is 281 g/mol. The Bertz CT molecular complexity index is 674. The lowest BCUT2D eigenvalue weighted by Crippen LogP contribution is -2.46. The van der Waals surface area contributed by atoms with Crippen molar-refractivity contribution in [2.75, 3.05) is 26.2 Å². The summed E-state index contributed by atoms with van der Waals surface area (Å²) >= 11 is 0. The summed E-state index contributed by atoms with van der Waals surface area (Å²) < 4.78 is 31.3. The van der Waals surface area contributed by atoms with Crippen LogP contribution in [-0.2, 0) is 15.8 Å². The van der Waals surface area contributed by atoms with Crippen LogP contribution in [0.15, 0.2) is 28.8 Å². The maximum atomic E-state index is 12.3. The second-order valence-corrected chi connectivity index (χ2v) is 6.50. The summed E-state index contributed by atoms with van der Waals surface area (Å²) in [6.45, 7) is 2.41. The van der Waals surface area contributed by atoms with Crippen molar-refractivity contribution in [3.05, 3.63) is 30.0 Å². The molecule has 1 N–H and O–H groups in total. The van der Waals surface area contributed by atoms with Gasteiger partial charge in [-0.3, -0.25) is 0 Å². The van der Waals surface area contributed by atoms with Gasteiger partial charge in [-0.2, -0.15) is 4.31 Å². The molecule has 7 heteroatoms. The second kappa shape index (κ2) is 4.92. The van der Waals surface area contributed by atoms with E-state index < -0.39 is 10.0 Å². The zero-order valence-electron chi connectivity index (χ0n) is 10.4. The summed E-state index contributed by atoms with van der Waals surface area (Å²) in [5.41, 5.74) is 1.10. The molecule has 0 saturated carbocycles. The number of benzene rings is 1. The van der Waals surface area contributed by atoms with Crippen LogP contribution < -0.4 is 5.32 Å². The monoisotopic (exact) mass is 281 g/mol. The number of para-hydroxylation sites is 1. The van der Waals surface area contributed by atoms with E-state index in [1.807, 2.05) is 18.2 Å². The largest absolute Gasteiger partial charge is 0.356 e. The number of nitrogens with one attached hydrogen (secondary N) is 1. The molecule has 1 aliphatic heterocycles. The predicted octanol–water partition coefficient (Wildman–Crippen LogP) is 0.563. The van der Waals surface area contributed by atoms with Gasteiger partial charge in [-0.1, -0.05) is 17.3 Å². The molecular formula is C12H15N3O3S. The lowest BCUT2D eigenvalue weighted by atomic mass is 10.2. The van der Waals surface area contributed by atoms with Crippen LogP contribution >= 0.6 is 0 Å². The molecule has 6 nitrogen and oxygen atoms in total. The van der Waals surface area contributed by atoms with Gasteiger partial charge in [0.1, 0.15) is 11.4 Å². The topological polar surface area (TPSA) is 75.4 Å². The Hall–Kier alpha value is -1.44. The molecule has 0 bridgehead atoms. The maximum absolute atomic E-state index is 12.3. The molecule has 19 heavy (non-hydrogen) atoms. The first-order valence-electron chi connectivity index (χ1n) is 6.19. The summed E-state index contributed by atoms with van der Waals surface area (Å²) in [7, 11) is -3.33. The van der Waals surface area contributed by atoms with Gasteiger partial charge in [-0.05, 0) is 12.1 Å². The van der Waals surface area contributed by atoms with Gasteiger partial charge in [0.15, 0.2) is 5.58 Å². The zero-order valence-corrected chi connectivity index (χ0v) is 11.2. The molecule has 0 radical (unpaired) electrons. The van der Waals surface area contributed by atoms with Gasteiger partial charge in [0, 0.05) is 31.6 Å². The average Bonchev–Trinajstić information content (AvgIpc) is 2.83. The van der Waals surface area contributed by atoms with Crippen LogP contribution in [0.1, 0.15) is 5.69 Å². The summed E-state index contributed by atoms with van der Waals surface area (Å²) in [6, 6.07) is 7.29. The van der Waals surface area contributed by atoms with E-state index in [0.29, 0.717) is 37.5 Å². The molecule has 0 aliphatic carbocycles. The molecule has 0 atom stereocenters. The molecule has 102 valence electrons. The third-order valence-electron chi connectivity index (χ3n) is 3.24. The number of hydrogen-bond donors (Lipinski definition) is 1. The van der Waals surface area contributed by atoms with Crippen molar-refractivity contribution in [2.45, 2.75) is 5.75 Å². The highest BCUT2D eigenvalue weighted by Gasteiger charge is 2.26. The van der Waals surface area contributed by atoms with E-state index in [9.17, 15) is 8.42 Å². The molecular weight excluding hydrogens is 266 g/mol. The molecule has 2 aromatic rings. The minimum Gasteiger partial charge on any atom is -0.356 e. The van der Waals surface area contributed by atoms with E-state index in [-0.39, 0.29) is 5.75 Å². The van der Waals surface area contributed by atoms with E-state index >= 15 is 0 Å². The zero-order chi connectivity index (χ0) is 13.3. The van der Waals surface area contributed by atoms with Crippen LogP contribution in [0.4, 0.5) is 0 Å². The Morgan fingerprint density at radius 3 is 2.79 bits per heavy atom. The molecule has 1 aliphatic rings.